The lowest BCUT2D eigenvalue weighted by atomic mass is 10.5. The van der Waals surface area contributed by atoms with E-state index in [2.05, 4.69) is 10.2 Å². The summed E-state index contributed by atoms with van der Waals surface area (Å²) in [7, 11) is 0. The molecule has 1 aromatic rings. The Morgan fingerprint density at radius 2 is 2.38 bits per heavy atom. The first kappa shape index (κ1) is 10.5. The monoisotopic (exact) mass is 218 g/mol. The summed E-state index contributed by atoms with van der Waals surface area (Å²) in [6, 6.07) is 0. The molecule has 0 saturated heterocycles. The van der Waals surface area contributed by atoms with Gasteiger partial charge in [-0.05, 0) is 6.42 Å². The first-order chi connectivity index (χ1) is 6.22. The Labute approximate surface area is 84.4 Å². The summed E-state index contributed by atoms with van der Waals surface area (Å²) in [4.78, 5) is 10.2. The van der Waals surface area contributed by atoms with E-state index in [1.807, 2.05) is 6.92 Å². The Balaban J connectivity index is 2.32. The lowest BCUT2D eigenvalue weighted by Crippen LogP contribution is -1.95. The van der Waals surface area contributed by atoms with Gasteiger partial charge in [-0.15, -0.1) is 10.2 Å². The fraction of sp³-hybridized carbons (Fsp3) is 0.571. The van der Waals surface area contributed by atoms with Crippen molar-refractivity contribution in [2.75, 3.05) is 5.75 Å². The fourth-order valence-electron chi connectivity index (χ4n) is 0.665. The molecule has 1 aromatic heterocycles. The van der Waals surface area contributed by atoms with Crippen molar-refractivity contribution in [3.8, 4) is 0 Å². The summed E-state index contributed by atoms with van der Waals surface area (Å²) in [6.45, 7) is 2.02. The standard InChI is InChI=1S/C7H10N2O2S2/c1-2-5-8-9-7(13-5)12-4-3-6(10)11/h2-4H2,1H3,(H,10,11). The minimum atomic E-state index is -0.771. The van der Waals surface area contributed by atoms with Gasteiger partial charge in [0.2, 0.25) is 0 Å². The number of aryl methyl sites for hydroxylation is 1. The van der Waals surface area contributed by atoms with Crippen molar-refractivity contribution in [2.24, 2.45) is 0 Å². The zero-order valence-electron chi connectivity index (χ0n) is 7.19. The summed E-state index contributed by atoms with van der Waals surface area (Å²) in [5, 5.41) is 17.3. The van der Waals surface area contributed by atoms with Gasteiger partial charge >= 0.3 is 5.97 Å². The van der Waals surface area contributed by atoms with Crippen molar-refractivity contribution in [3.05, 3.63) is 5.01 Å². The van der Waals surface area contributed by atoms with Crippen molar-refractivity contribution in [3.63, 3.8) is 0 Å². The average Bonchev–Trinajstić information content (AvgIpc) is 2.52. The molecule has 0 saturated carbocycles. The molecule has 0 radical (unpaired) electrons. The molecule has 0 atom stereocenters. The van der Waals surface area contributed by atoms with Crippen molar-refractivity contribution in [2.45, 2.75) is 24.1 Å². The maximum Gasteiger partial charge on any atom is 0.304 e. The molecule has 4 nitrogen and oxygen atoms in total. The van der Waals surface area contributed by atoms with Gasteiger partial charge in [0, 0.05) is 5.75 Å². The fourth-order valence-corrected chi connectivity index (χ4v) is 2.50. The molecule has 1 N–H and O–H groups in total. The third kappa shape index (κ3) is 3.73. The van der Waals surface area contributed by atoms with Crippen LogP contribution in [-0.2, 0) is 11.2 Å². The Morgan fingerprint density at radius 1 is 1.62 bits per heavy atom. The molecule has 1 rings (SSSR count). The van der Waals surface area contributed by atoms with Crippen LogP contribution in [0.1, 0.15) is 18.4 Å². The van der Waals surface area contributed by atoms with Crippen LogP contribution in [0.4, 0.5) is 0 Å². The van der Waals surface area contributed by atoms with Crippen molar-refractivity contribution >= 4 is 29.1 Å². The van der Waals surface area contributed by atoms with Crippen molar-refractivity contribution < 1.29 is 9.90 Å². The number of carboxylic acid groups (broad SMARTS) is 1. The number of hydrogen-bond donors (Lipinski definition) is 1. The van der Waals surface area contributed by atoms with Crippen molar-refractivity contribution in [1.29, 1.82) is 0 Å². The predicted octanol–water partition coefficient (Wildman–Crippen LogP) is 1.67. The number of thioether (sulfide) groups is 1. The number of hydrogen-bond acceptors (Lipinski definition) is 5. The highest BCUT2D eigenvalue weighted by Crippen LogP contribution is 2.22. The summed E-state index contributed by atoms with van der Waals surface area (Å²) in [5.41, 5.74) is 0. The number of nitrogens with zero attached hydrogens (tertiary/aromatic N) is 2. The predicted molar refractivity (Wildman–Crippen MR) is 52.3 cm³/mol. The Kier molecular flexibility index (Phi) is 4.17. The van der Waals surface area contributed by atoms with Gasteiger partial charge in [0.1, 0.15) is 5.01 Å². The molecule has 0 unspecified atom stereocenters. The number of carboxylic acids is 1. The molecular formula is C7H10N2O2S2. The van der Waals surface area contributed by atoms with Crippen LogP contribution in [0.15, 0.2) is 4.34 Å². The van der Waals surface area contributed by atoms with E-state index in [9.17, 15) is 4.79 Å². The maximum absolute atomic E-state index is 10.2. The number of aromatic nitrogens is 2. The normalized spacial score (nSPS) is 10.2. The van der Waals surface area contributed by atoms with Crippen LogP contribution in [0.2, 0.25) is 0 Å². The molecule has 0 fully saturated rings. The Morgan fingerprint density at radius 3 is 2.92 bits per heavy atom. The van der Waals surface area contributed by atoms with Gasteiger partial charge in [-0.1, -0.05) is 30.0 Å². The van der Waals surface area contributed by atoms with E-state index >= 15 is 0 Å². The van der Waals surface area contributed by atoms with E-state index in [0.717, 1.165) is 15.8 Å². The van der Waals surface area contributed by atoms with Crippen LogP contribution in [0.5, 0.6) is 0 Å². The number of carbonyl (C=O) groups is 1. The number of aliphatic carboxylic acids is 1. The first-order valence-corrected chi connectivity index (χ1v) is 5.69. The van der Waals surface area contributed by atoms with Crippen LogP contribution in [-0.4, -0.2) is 27.0 Å². The third-order valence-electron chi connectivity index (χ3n) is 1.29. The molecule has 0 spiro atoms. The molecule has 0 bridgehead atoms. The summed E-state index contributed by atoms with van der Waals surface area (Å²) in [6.07, 6.45) is 1.06. The average molecular weight is 218 g/mol. The lowest BCUT2D eigenvalue weighted by molar-refractivity contribution is -0.136. The second kappa shape index (κ2) is 5.18. The molecular weight excluding hydrogens is 208 g/mol. The highest BCUT2D eigenvalue weighted by molar-refractivity contribution is 8.01. The van der Waals surface area contributed by atoms with E-state index in [-0.39, 0.29) is 6.42 Å². The zero-order chi connectivity index (χ0) is 9.68. The second-order valence-corrected chi connectivity index (χ2v) is 4.71. The molecule has 0 aromatic carbocycles. The van der Waals surface area contributed by atoms with Gasteiger partial charge in [0.05, 0.1) is 6.42 Å². The van der Waals surface area contributed by atoms with Crippen molar-refractivity contribution in [1.82, 2.24) is 10.2 Å². The molecule has 6 heteroatoms. The van der Waals surface area contributed by atoms with Crippen LogP contribution in [0.25, 0.3) is 0 Å². The van der Waals surface area contributed by atoms with Gasteiger partial charge in [-0.2, -0.15) is 0 Å². The van der Waals surface area contributed by atoms with Gasteiger partial charge in [0.15, 0.2) is 4.34 Å². The molecule has 13 heavy (non-hydrogen) atoms. The lowest BCUT2D eigenvalue weighted by Gasteiger charge is -1.90. The molecule has 72 valence electrons. The highest BCUT2D eigenvalue weighted by Gasteiger charge is 2.04. The second-order valence-electron chi connectivity index (χ2n) is 2.31. The smallest absolute Gasteiger partial charge is 0.304 e. The van der Waals surface area contributed by atoms with Gasteiger partial charge in [-0.3, -0.25) is 4.79 Å². The minimum Gasteiger partial charge on any atom is -0.481 e. The van der Waals surface area contributed by atoms with E-state index in [4.69, 9.17) is 5.11 Å². The molecule has 0 aliphatic rings. The largest absolute Gasteiger partial charge is 0.481 e. The van der Waals surface area contributed by atoms with Gasteiger partial charge < -0.3 is 5.11 Å². The first-order valence-electron chi connectivity index (χ1n) is 3.89. The number of rotatable bonds is 5. The molecule has 0 amide bonds. The quantitative estimate of drug-likeness (QED) is 0.762. The third-order valence-corrected chi connectivity index (χ3v) is 3.49. The van der Waals surface area contributed by atoms with E-state index in [0.29, 0.717) is 5.75 Å². The topological polar surface area (TPSA) is 63.1 Å². The van der Waals surface area contributed by atoms with Gasteiger partial charge in [-0.25, -0.2) is 0 Å². The van der Waals surface area contributed by atoms with Gasteiger partial charge in [0.25, 0.3) is 0 Å². The van der Waals surface area contributed by atoms with E-state index < -0.39 is 5.97 Å². The molecule has 0 aliphatic heterocycles. The van der Waals surface area contributed by atoms with E-state index in [1.54, 1.807) is 0 Å². The Bertz CT molecular complexity index is 288. The van der Waals surface area contributed by atoms with Crippen LogP contribution in [0, 0.1) is 0 Å². The minimum absolute atomic E-state index is 0.172. The Hall–Kier alpha value is -0.620. The summed E-state index contributed by atoms with van der Waals surface area (Å²) in [5.74, 6) is -0.207. The van der Waals surface area contributed by atoms with Crippen LogP contribution < -0.4 is 0 Å². The van der Waals surface area contributed by atoms with E-state index in [1.165, 1.54) is 23.1 Å². The molecule has 0 aliphatic carbocycles. The zero-order valence-corrected chi connectivity index (χ0v) is 8.82. The highest BCUT2D eigenvalue weighted by atomic mass is 32.2. The SMILES string of the molecule is CCc1nnc(SCCC(=O)O)s1. The summed E-state index contributed by atoms with van der Waals surface area (Å²) < 4.78 is 0.859. The van der Waals surface area contributed by atoms with Crippen LogP contribution in [0.3, 0.4) is 0 Å². The van der Waals surface area contributed by atoms with Crippen LogP contribution >= 0.6 is 23.1 Å². The maximum atomic E-state index is 10.2. The molecule has 1 heterocycles. The summed E-state index contributed by atoms with van der Waals surface area (Å²) >= 11 is 2.98.